The minimum atomic E-state index is -0.305. The standard InChI is InChI=1S/C16H19ClN2O3/c1-2-3-7-22-16(21)19-8-11-10-5-4-6-12(17)14(10)15(20)18-13(11)9-19/h4-6,11,13H,2-3,7-9H2,1H3,(H,18,20). The zero-order chi connectivity index (χ0) is 15.7. The first-order valence-corrected chi connectivity index (χ1v) is 8.00. The molecule has 0 saturated carbocycles. The molecular formula is C16H19ClN2O3. The summed E-state index contributed by atoms with van der Waals surface area (Å²) in [5.74, 6) is -0.0897. The van der Waals surface area contributed by atoms with Crippen LogP contribution in [-0.4, -0.2) is 42.6 Å². The number of fused-ring (bicyclic) bond motifs is 3. The summed E-state index contributed by atoms with van der Waals surface area (Å²) in [5.41, 5.74) is 1.46. The lowest BCUT2D eigenvalue weighted by molar-refractivity contribution is 0.0916. The third-order valence-electron chi connectivity index (χ3n) is 4.29. The molecule has 2 aliphatic heterocycles. The predicted octanol–water partition coefficient (Wildman–Crippen LogP) is 2.79. The maximum absolute atomic E-state index is 12.2. The molecule has 6 heteroatoms. The number of likely N-dealkylation sites (tertiary alicyclic amines) is 1. The number of carbonyl (C=O) groups is 2. The molecule has 0 bridgehead atoms. The number of carbonyl (C=O) groups excluding carboxylic acids is 2. The van der Waals surface area contributed by atoms with E-state index >= 15 is 0 Å². The number of halogens is 1. The van der Waals surface area contributed by atoms with E-state index in [-0.39, 0.29) is 24.0 Å². The molecule has 2 unspecified atom stereocenters. The fourth-order valence-corrected chi connectivity index (χ4v) is 3.41. The third kappa shape index (κ3) is 2.65. The molecule has 5 nitrogen and oxygen atoms in total. The molecule has 0 spiro atoms. The summed E-state index contributed by atoms with van der Waals surface area (Å²) in [6.45, 7) is 3.51. The van der Waals surface area contributed by atoms with Crippen molar-refractivity contribution in [1.82, 2.24) is 10.2 Å². The Morgan fingerprint density at radius 1 is 1.45 bits per heavy atom. The fourth-order valence-electron chi connectivity index (χ4n) is 3.14. The van der Waals surface area contributed by atoms with E-state index < -0.39 is 0 Å². The normalized spacial score (nSPS) is 22.8. The molecule has 2 atom stereocenters. The molecule has 1 fully saturated rings. The smallest absolute Gasteiger partial charge is 0.409 e. The van der Waals surface area contributed by atoms with E-state index in [2.05, 4.69) is 12.2 Å². The van der Waals surface area contributed by atoms with Crippen molar-refractivity contribution in [2.24, 2.45) is 0 Å². The highest BCUT2D eigenvalue weighted by atomic mass is 35.5. The Morgan fingerprint density at radius 2 is 2.27 bits per heavy atom. The van der Waals surface area contributed by atoms with E-state index in [1.807, 2.05) is 12.1 Å². The lowest BCUT2D eigenvalue weighted by Crippen LogP contribution is -2.44. The van der Waals surface area contributed by atoms with Gasteiger partial charge in [0.2, 0.25) is 0 Å². The molecule has 0 aliphatic carbocycles. The first kappa shape index (κ1) is 15.2. The number of rotatable bonds is 3. The van der Waals surface area contributed by atoms with Crippen molar-refractivity contribution in [3.05, 3.63) is 34.3 Å². The first-order valence-electron chi connectivity index (χ1n) is 7.62. The summed E-state index contributed by atoms with van der Waals surface area (Å²) in [5, 5.41) is 3.41. The van der Waals surface area contributed by atoms with Crippen molar-refractivity contribution >= 4 is 23.6 Å². The maximum atomic E-state index is 12.2. The Hall–Kier alpha value is -1.75. The van der Waals surface area contributed by atoms with Gasteiger partial charge >= 0.3 is 6.09 Å². The Labute approximate surface area is 134 Å². The van der Waals surface area contributed by atoms with Crippen LogP contribution in [0.4, 0.5) is 4.79 Å². The summed E-state index contributed by atoms with van der Waals surface area (Å²) in [7, 11) is 0. The molecular weight excluding hydrogens is 304 g/mol. The van der Waals surface area contributed by atoms with E-state index in [0.717, 1.165) is 18.4 Å². The molecule has 0 radical (unpaired) electrons. The highest BCUT2D eigenvalue weighted by Crippen LogP contribution is 2.36. The summed E-state index contributed by atoms with van der Waals surface area (Å²) in [6, 6.07) is 5.41. The van der Waals surface area contributed by atoms with E-state index in [1.165, 1.54) is 0 Å². The van der Waals surface area contributed by atoms with Gasteiger partial charge in [-0.25, -0.2) is 4.79 Å². The number of nitrogens with zero attached hydrogens (tertiary/aromatic N) is 1. The largest absolute Gasteiger partial charge is 0.449 e. The summed E-state index contributed by atoms with van der Waals surface area (Å²) in [4.78, 5) is 26.0. The quantitative estimate of drug-likeness (QED) is 0.871. The topological polar surface area (TPSA) is 58.6 Å². The molecule has 2 amide bonds. The molecule has 3 rings (SSSR count). The molecule has 1 saturated heterocycles. The van der Waals surface area contributed by atoms with Crippen LogP contribution in [0.25, 0.3) is 0 Å². The first-order chi connectivity index (χ1) is 10.6. The highest BCUT2D eigenvalue weighted by Gasteiger charge is 2.42. The van der Waals surface area contributed by atoms with Gasteiger partial charge in [0.1, 0.15) is 0 Å². The van der Waals surface area contributed by atoms with Gasteiger partial charge in [-0.2, -0.15) is 0 Å². The van der Waals surface area contributed by atoms with Crippen LogP contribution in [0.1, 0.15) is 41.6 Å². The van der Waals surface area contributed by atoms with Crippen molar-refractivity contribution in [3.63, 3.8) is 0 Å². The summed E-state index contributed by atoms with van der Waals surface area (Å²) < 4.78 is 5.26. The van der Waals surface area contributed by atoms with Crippen LogP contribution in [0.3, 0.4) is 0 Å². The van der Waals surface area contributed by atoms with E-state index in [4.69, 9.17) is 16.3 Å². The van der Waals surface area contributed by atoms with Gasteiger partial charge in [-0.1, -0.05) is 37.1 Å². The SMILES string of the molecule is CCCCOC(=O)N1CC2NC(=O)c3c(Cl)cccc3C2C1. The van der Waals surface area contributed by atoms with Crippen LogP contribution in [0.5, 0.6) is 0 Å². The Kier molecular flexibility index (Phi) is 4.25. The summed E-state index contributed by atoms with van der Waals surface area (Å²) >= 11 is 6.14. The minimum Gasteiger partial charge on any atom is -0.449 e. The van der Waals surface area contributed by atoms with E-state index in [9.17, 15) is 9.59 Å². The van der Waals surface area contributed by atoms with Crippen molar-refractivity contribution < 1.29 is 14.3 Å². The zero-order valence-corrected chi connectivity index (χ0v) is 13.2. The van der Waals surface area contributed by atoms with Crippen LogP contribution >= 0.6 is 11.6 Å². The molecule has 22 heavy (non-hydrogen) atoms. The van der Waals surface area contributed by atoms with Gasteiger partial charge in [0.25, 0.3) is 5.91 Å². The van der Waals surface area contributed by atoms with Gasteiger partial charge in [-0.05, 0) is 18.1 Å². The molecule has 118 valence electrons. The number of amides is 2. The van der Waals surface area contributed by atoms with Gasteiger partial charge < -0.3 is 15.0 Å². The highest BCUT2D eigenvalue weighted by molar-refractivity contribution is 6.34. The molecule has 2 aliphatic rings. The molecule has 1 N–H and O–H groups in total. The van der Waals surface area contributed by atoms with E-state index in [0.29, 0.717) is 30.3 Å². The second-order valence-electron chi connectivity index (χ2n) is 5.76. The molecule has 0 aromatic heterocycles. The Balaban J connectivity index is 1.76. The third-order valence-corrected chi connectivity index (χ3v) is 4.61. The minimum absolute atomic E-state index is 0.0720. The predicted molar refractivity (Wildman–Crippen MR) is 83.3 cm³/mol. The van der Waals surface area contributed by atoms with Gasteiger partial charge in [0, 0.05) is 19.0 Å². The van der Waals surface area contributed by atoms with Gasteiger partial charge in [-0.15, -0.1) is 0 Å². The lowest BCUT2D eigenvalue weighted by atomic mass is 9.86. The maximum Gasteiger partial charge on any atom is 0.409 e. The molecule has 1 aromatic rings. The van der Waals surface area contributed by atoms with Crippen LogP contribution in [0, 0.1) is 0 Å². The van der Waals surface area contributed by atoms with Crippen LogP contribution in [0.15, 0.2) is 18.2 Å². The fraction of sp³-hybridized carbons (Fsp3) is 0.500. The average molecular weight is 323 g/mol. The Bertz CT molecular complexity index is 605. The lowest BCUT2D eigenvalue weighted by Gasteiger charge is -2.28. The van der Waals surface area contributed by atoms with Crippen molar-refractivity contribution in [2.45, 2.75) is 31.7 Å². The number of unbranched alkanes of at least 4 members (excludes halogenated alkanes) is 1. The van der Waals surface area contributed by atoms with Crippen LogP contribution < -0.4 is 5.32 Å². The van der Waals surface area contributed by atoms with Gasteiger partial charge in [-0.3, -0.25) is 4.79 Å². The van der Waals surface area contributed by atoms with Gasteiger partial charge in [0.05, 0.1) is 23.2 Å². The summed E-state index contributed by atoms with van der Waals surface area (Å²) in [6.07, 6.45) is 1.54. The van der Waals surface area contributed by atoms with Crippen LogP contribution in [-0.2, 0) is 4.74 Å². The van der Waals surface area contributed by atoms with Crippen molar-refractivity contribution in [2.75, 3.05) is 19.7 Å². The Morgan fingerprint density at radius 3 is 3.05 bits per heavy atom. The number of hydrogen-bond donors (Lipinski definition) is 1. The number of nitrogens with one attached hydrogen (secondary N) is 1. The van der Waals surface area contributed by atoms with Crippen molar-refractivity contribution in [3.8, 4) is 0 Å². The number of benzene rings is 1. The van der Waals surface area contributed by atoms with Crippen molar-refractivity contribution in [1.29, 1.82) is 0 Å². The van der Waals surface area contributed by atoms with Crippen LogP contribution in [0.2, 0.25) is 5.02 Å². The zero-order valence-electron chi connectivity index (χ0n) is 12.5. The second-order valence-corrected chi connectivity index (χ2v) is 6.17. The monoisotopic (exact) mass is 322 g/mol. The molecule has 2 heterocycles. The number of ether oxygens (including phenoxy) is 1. The molecule has 1 aromatic carbocycles. The second kappa shape index (κ2) is 6.16. The van der Waals surface area contributed by atoms with E-state index in [1.54, 1.807) is 11.0 Å². The van der Waals surface area contributed by atoms with Gasteiger partial charge in [0.15, 0.2) is 0 Å². The number of hydrogen-bond acceptors (Lipinski definition) is 3. The average Bonchev–Trinajstić information content (AvgIpc) is 2.91.